The van der Waals surface area contributed by atoms with Crippen LogP contribution in [0.15, 0.2) is 10.5 Å². The van der Waals surface area contributed by atoms with Crippen molar-refractivity contribution >= 4 is 33.0 Å². The number of thiophene rings is 1. The lowest BCUT2D eigenvalue weighted by Crippen LogP contribution is -2.12. The van der Waals surface area contributed by atoms with Gasteiger partial charge in [-0.15, -0.1) is 11.3 Å². The van der Waals surface area contributed by atoms with Crippen LogP contribution in [0.4, 0.5) is 22.0 Å². The predicted octanol–water partition coefficient (Wildman–Crippen LogP) is 4.75. The van der Waals surface area contributed by atoms with Crippen LogP contribution in [0.2, 0.25) is 0 Å². The van der Waals surface area contributed by atoms with E-state index in [0.29, 0.717) is 9.35 Å². The van der Waals surface area contributed by atoms with Crippen LogP contribution in [0.1, 0.15) is 20.1 Å². The van der Waals surface area contributed by atoms with E-state index in [9.17, 15) is 26.7 Å². The summed E-state index contributed by atoms with van der Waals surface area (Å²) >= 11 is 3.98. The molecule has 106 valence electrons. The molecule has 0 unspecified atom stereocenters. The number of carbonyl (C=O) groups is 1. The molecule has 0 amide bonds. The molecular weight excluding hydrogens is 367 g/mol. The molecule has 1 aromatic carbocycles. The van der Waals surface area contributed by atoms with Crippen molar-refractivity contribution < 1.29 is 26.7 Å². The fourth-order valence-electron chi connectivity index (χ4n) is 1.50. The Morgan fingerprint density at radius 2 is 1.45 bits per heavy atom. The maximum absolute atomic E-state index is 13.5. The topological polar surface area (TPSA) is 17.1 Å². The smallest absolute Gasteiger partial charge is 0.209 e. The number of halogens is 6. The minimum absolute atomic E-state index is 0.127. The zero-order chi connectivity index (χ0) is 15.2. The molecule has 0 spiro atoms. The van der Waals surface area contributed by atoms with E-state index < -0.39 is 40.4 Å². The van der Waals surface area contributed by atoms with Gasteiger partial charge >= 0.3 is 0 Å². The summed E-state index contributed by atoms with van der Waals surface area (Å²) < 4.78 is 66.5. The van der Waals surface area contributed by atoms with Gasteiger partial charge in [0, 0.05) is 9.35 Å². The summed E-state index contributed by atoms with van der Waals surface area (Å²) in [6.45, 7) is 1.63. The molecule has 8 heteroatoms. The minimum Gasteiger partial charge on any atom is -0.287 e. The zero-order valence-electron chi connectivity index (χ0n) is 9.66. The number of hydrogen-bond acceptors (Lipinski definition) is 2. The molecule has 0 aliphatic rings. The van der Waals surface area contributed by atoms with Crippen LogP contribution in [0.3, 0.4) is 0 Å². The molecule has 2 rings (SSSR count). The number of benzene rings is 1. The van der Waals surface area contributed by atoms with E-state index in [4.69, 9.17) is 0 Å². The van der Waals surface area contributed by atoms with E-state index in [1.165, 1.54) is 6.07 Å². The summed E-state index contributed by atoms with van der Waals surface area (Å²) in [5.41, 5.74) is -1.45. The average molecular weight is 371 g/mol. The Kier molecular flexibility index (Phi) is 3.97. The lowest BCUT2D eigenvalue weighted by molar-refractivity contribution is 0.103. The second-order valence-electron chi connectivity index (χ2n) is 3.79. The molecule has 0 aliphatic carbocycles. The standard InChI is InChI=1S/C12H4BrF5OS/c1-3-4(13)2-5(20-3)12(19)6-7(14)9(16)11(18)10(17)8(6)15/h2H,1H3. The first kappa shape index (κ1) is 15.1. The molecule has 1 heterocycles. The Morgan fingerprint density at radius 3 is 1.85 bits per heavy atom. The molecule has 0 fully saturated rings. The van der Waals surface area contributed by atoms with Crippen molar-refractivity contribution in [3.05, 3.63) is 54.9 Å². The fourth-order valence-corrected chi connectivity index (χ4v) is 2.98. The number of rotatable bonds is 2. The van der Waals surface area contributed by atoms with Gasteiger partial charge in [0.25, 0.3) is 0 Å². The van der Waals surface area contributed by atoms with Gasteiger partial charge in [-0.05, 0) is 28.9 Å². The van der Waals surface area contributed by atoms with Crippen LogP contribution in [0, 0.1) is 36.0 Å². The molecular formula is C12H4BrF5OS. The summed E-state index contributed by atoms with van der Waals surface area (Å²) in [6, 6.07) is 1.26. The molecule has 1 nitrogen and oxygen atoms in total. The molecule has 0 aliphatic heterocycles. The van der Waals surface area contributed by atoms with Crippen molar-refractivity contribution in [2.75, 3.05) is 0 Å². The highest BCUT2D eigenvalue weighted by Gasteiger charge is 2.30. The summed E-state index contributed by atoms with van der Waals surface area (Å²) in [4.78, 5) is 12.4. The zero-order valence-corrected chi connectivity index (χ0v) is 12.1. The Morgan fingerprint density at radius 1 is 1.00 bits per heavy atom. The minimum atomic E-state index is -2.29. The third-order valence-electron chi connectivity index (χ3n) is 2.52. The van der Waals surface area contributed by atoms with E-state index >= 15 is 0 Å². The van der Waals surface area contributed by atoms with Gasteiger partial charge in [0.1, 0.15) is 5.56 Å². The Balaban J connectivity index is 2.67. The van der Waals surface area contributed by atoms with Crippen LogP contribution >= 0.6 is 27.3 Å². The van der Waals surface area contributed by atoms with Gasteiger partial charge < -0.3 is 0 Å². The van der Waals surface area contributed by atoms with Gasteiger partial charge in [-0.3, -0.25) is 4.79 Å². The summed E-state index contributed by atoms with van der Waals surface area (Å²) in [6.07, 6.45) is 0. The lowest BCUT2D eigenvalue weighted by atomic mass is 10.1. The molecule has 20 heavy (non-hydrogen) atoms. The van der Waals surface area contributed by atoms with Gasteiger partial charge in [0.05, 0.1) is 4.88 Å². The molecule has 0 saturated carbocycles. The highest BCUT2D eigenvalue weighted by Crippen LogP contribution is 2.31. The monoisotopic (exact) mass is 370 g/mol. The Labute approximate surface area is 122 Å². The highest BCUT2D eigenvalue weighted by atomic mass is 79.9. The highest BCUT2D eigenvalue weighted by molar-refractivity contribution is 9.10. The van der Waals surface area contributed by atoms with Crippen LogP contribution < -0.4 is 0 Å². The fraction of sp³-hybridized carbons (Fsp3) is 0.0833. The molecule has 2 aromatic rings. The maximum Gasteiger partial charge on any atom is 0.209 e. The number of hydrogen-bond donors (Lipinski definition) is 0. The van der Waals surface area contributed by atoms with Gasteiger partial charge in [-0.25, -0.2) is 22.0 Å². The van der Waals surface area contributed by atoms with E-state index in [-0.39, 0.29) is 4.88 Å². The molecule has 0 atom stereocenters. The first-order chi connectivity index (χ1) is 9.25. The second kappa shape index (κ2) is 5.25. The Bertz CT molecular complexity index is 677. The second-order valence-corrected chi connectivity index (χ2v) is 5.90. The summed E-state index contributed by atoms with van der Waals surface area (Å²) in [5, 5.41) is 0. The molecule has 0 N–H and O–H groups in total. The van der Waals surface area contributed by atoms with Gasteiger partial charge in [0.2, 0.25) is 11.6 Å². The van der Waals surface area contributed by atoms with Crippen LogP contribution in [-0.2, 0) is 0 Å². The number of carbonyl (C=O) groups excluding carboxylic acids is 1. The van der Waals surface area contributed by atoms with Crippen molar-refractivity contribution in [2.45, 2.75) is 6.92 Å². The van der Waals surface area contributed by atoms with E-state index in [2.05, 4.69) is 15.9 Å². The van der Waals surface area contributed by atoms with Crippen LogP contribution in [0.25, 0.3) is 0 Å². The molecule has 0 radical (unpaired) electrons. The normalized spacial score (nSPS) is 10.9. The van der Waals surface area contributed by atoms with Crippen molar-refractivity contribution in [1.82, 2.24) is 0 Å². The van der Waals surface area contributed by atoms with E-state index in [0.717, 1.165) is 11.3 Å². The average Bonchev–Trinajstić information content (AvgIpc) is 2.74. The predicted molar refractivity (Wildman–Crippen MR) is 66.4 cm³/mol. The van der Waals surface area contributed by atoms with E-state index in [1.54, 1.807) is 6.92 Å². The summed E-state index contributed by atoms with van der Waals surface area (Å²) in [5.74, 6) is -12.1. The van der Waals surface area contributed by atoms with Crippen molar-refractivity contribution in [2.24, 2.45) is 0 Å². The molecule has 1 aromatic heterocycles. The Hall–Kier alpha value is -1.28. The van der Waals surface area contributed by atoms with Crippen molar-refractivity contribution in [3.8, 4) is 0 Å². The maximum atomic E-state index is 13.5. The number of ketones is 1. The van der Waals surface area contributed by atoms with Gasteiger partial charge in [-0.1, -0.05) is 0 Å². The lowest BCUT2D eigenvalue weighted by Gasteiger charge is -2.06. The third-order valence-corrected chi connectivity index (χ3v) is 4.65. The molecule has 0 saturated heterocycles. The third kappa shape index (κ3) is 2.26. The van der Waals surface area contributed by atoms with E-state index in [1.807, 2.05) is 0 Å². The van der Waals surface area contributed by atoms with Crippen LogP contribution in [-0.4, -0.2) is 5.78 Å². The number of aryl methyl sites for hydroxylation is 1. The largest absolute Gasteiger partial charge is 0.287 e. The quantitative estimate of drug-likeness (QED) is 0.323. The van der Waals surface area contributed by atoms with Crippen LogP contribution in [0.5, 0.6) is 0 Å². The first-order valence-electron chi connectivity index (χ1n) is 5.07. The first-order valence-corrected chi connectivity index (χ1v) is 6.68. The molecule has 0 bridgehead atoms. The van der Waals surface area contributed by atoms with Crippen molar-refractivity contribution in [3.63, 3.8) is 0 Å². The van der Waals surface area contributed by atoms with Crippen molar-refractivity contribution in [1.29, 1.82) is 0 Å². The summed E-state index contributed by atoms with van der Waals surface area (Å²) in [7, 11) is 0. The van der Waals surface area contributed by atoms with Gasteiger partial charge in [-0.2, -0.15) is 0 Å². The van der Waals surface area contributed by atoms with Gasteiger partial charge in [0.15, 0.2) is 23.3 Å². The SMILES string of the molecule is Cc1sc(C(=O)c2c(F)c(F)c(F)c(F)c2F)cc1Br.